The summed E-state index contributed by atoms with van der Waals surface area (Å²) in [5, 5.41) is 3.11. The molecule has 0 saturated carbocycles. The number of carbonyl (C=O) groups is 1. The van der Waals surface area contributed by atoms with E-state index in [9.17, 15) is 4.79 Å². The Labute approximate surface area is 148 Å². The number of nitrogen functional groups attached to an aromatic ring is 1. The molecule has 1 fully saturated rings. The van der Waals surface area contributed by atoms with Gasteiger partial charge in [0.1, 0.15) is 5.69 Å². The second kappa shape index (κ2) is 8.33. The predicted molar refractivity (Wildman–Crippen MR) is 98.0 cm³/mol. The summed E-state index contributed by atoms with van der Waals surface area (Å²) in [6.07, 6.45) is 5.84. The molecule has 3 N–H and O–H groups in total. The number of anilines is 3. The van der Waals surface area contributed by atoms with Crippen LogP contribution in [-0.4, -0.2) is 60.1 Å². The van der Waals surface area contributed by atoms with E-state index in [1.54, 1.807) is 0 Å². The van der Waals surface area contributed by atoms with Gasteiger partial charge in [-0.3, -0.25) is 4.79 Å². The SMILES string of the molecule is CCCCOc1nc(N)c2c(n1)N(CCCCN1CCC1)C(C=O)N2. The van der Waals surface area contributed by atoms with Gasteiger partial charge in [-0.15, -0.1) is 0 Å². The van der Waals surface area contributed by atoms with Crippen LogP contribution in [0.4, 0.5) is 17.3 Å². The largest absolute Gasteiger partial charge is 0.463 e. The van der Waals surface area contributed by atoms with Gasteiger partial charge in [-0.25, -0.2) is 0 Å². The Bertz CT molecular complexity index is 593. The number of hydrogen-bond acceptors (Lipinski definition) is 8. The molecule has 0 spiro atoms. The Kier molecular flexibility index (Phi) is 5.91. The number of aromatic nitrogens is 2. The maximum absolute atomic E-state index is 11.5. The lowest BCUT2D eigenvalue weighted by Gasteiger charge is -2.31. The van der Waals surface area contributed by atoms with E-state index in [2.05, 4.69) is 27.1 Å². The molecule has 0 aromatic carbocycles. The fraction of sp³-hybridized carbons (Fsp3) is 0.706. The van der Waals surface area contributed by atoms with Crippen LogP contribution in [0.5, 0.6) is 6.01 Å². The Balaban J connectivity index is 1.64. The number of rotatable bonds is 10. The first-order valence-corrected chi connectivity index (χ1v) is 9.24. The highest BCUT2D eigenvalue weighted by molar-refractivity contribution is 5.87. The number of unbranched alkanes of at least 4 members (excludes halogenated alkanes) is 2. The van der Waals surface area contributed by atoms with Gasteiger partial charge in [0.05, 0.1) is 6.61 Å². The molecule has 3 heterocycles. The number of carbonyl (C=O) groups excluding carboxylic acids is 1. The molecule has 2 aliphatic heterocycles. The molecule has 8 heteroatoms. The molecule has 25 heavy (non-hydrogen) atoms. The lowest BCUT2D eigenvalue weighted by Crippen LogP contribution is -2.39. The summed E-state index contributed by atoms with van der Waals surface area (Å²) in [6.45, 7) is 6.97. The fourth-order valence-electron chi connectivity index (χ4n) is 3.10. The molecule has 138 valence electrons. The summed E-state index contributed by atoms with van der Waals surface area (Å²) in [5.74, 6) is 0.992. The first-order chi connectivity index (χ1) is 12.2. The Morgan fingerprint density at radius 2 is 2.08 bits per heavy atom. The summed E-state index contributed by atoms with van der Waals surface area (Å²) in [4.78, 5) is 24.5. The lowest BCUT2D eigenvalue weighted by atomic mass is 10.2. The maximum Gasteiger partial charge on any atom is 0.320 e. The van der Waals surface area contributed by atoms with Crippen LogP contribution >= 0.6 is 0 Å². The van der Waals surface area contributed by atoms with Crippen LogP contribution in [0.25, 0.3) is 0 Å². The van der Waals surface area contributed by atoms with E-state index in [0.717, 1.165) is 45.1 Å². The van der Waals surface area contributed by atoms with Gasteiger partial charge in [0.15, 0.2) is 24.1 Å². The summed E-state index contributed by atoms with van der Waals surface area (Å²) >= 11 is 0. The van der Waals surface area contributed by atoms with Crippen molar-refractivity contribution in [2.75, 3.05) is 48.7 Å². The molecule has 0 aliphatic carbocycles. The van der Waals surface area contributed by atoms with Crippen molar-refractivity contribution in [3.8, 4) is 6.01 Å². The zero-order valence-electron chi connectivity index (χ0n) is 14.9. The van der Waals surface area contributed by atoms with Gasteiger partial charge in [0.25, 0.3) is 0 Å². The molecule has 0 radical (unpaired) electrons. The predicted octanol–water partition coefficient (Wildman–Crippen LogP) is 1.48. The van der Waals surface area contributed by atoms with E-state index in [1.807, 2.05) is 4.90 Å². The summed E-state index contributed by atoms with van der Waals surface area (Å²) in [6, 6.07) is 0.281. The third-order valence-corrected chi connectivity index (χ3v) is 4.73. The number of ether oxygens (including phenoxy) is 1. The number of aldehydes is 1. The van der Waals surface area contributed by atoms with Crippen LogP contribution in [0.1, 0.15) is 39.0 Å². The Morgan fingerprint density at radius 3 is 2.76 bits per heavy atom. The zero-order chi connectivity index (χ0) is 17.6. The molecule has 0 amide bonds. The Hall–Kier alpha value is -2.09. The van der Waals surface area contributed by atoms with Crippen molar-refractivity contribution in [3.63, 3.8) is 0 Å². The minimum atomic E-state index is -0.443. The second-order valence-electron chi connectivity index (χ2n) is 6.61. The van der Waals surface area contributed by atoms with Crippen LogP contribution in [0, 0.1) is 0 Å². The highest BCUT2D eigenvalue weighted by Gasteiger charge is 2.32. The minimum Gasteiger partial charge on any atom is -0.463 e. The lowest BCUT2D eigenvalue weighted by molar-refractivity contribution is -0.108. The summed E-state index contributed by atoms with van der Waals surface area (Å²) in [7, 11) is 0. The fourth-order valence-corrected chi connectivity index (χ4v) is 3.10. The van der Waals surface area contributed by atoms with Gasteiger partial charge >= 0.3 is 6.01 Å². The Morgan fingerprint density at radius 1 is 1.28 bits per heavy atom. The molecule has 1 saturated heterocycles. The molecule has 1 aromatic rings. The zero-order valence-corrected chi connectivity index (χ0v) is 14.9. The molecule has 1 unspecified atom stereocenters. The highest BCUT2D eigenvalue weighted by Crippen LogP contribution is 2.37. The monoisotopic (exact) mass is 348 g/mol. The van der Waals surface area contributed by atoms with Crippen molar-refractivity contribution in [2.45, 2.75) is 45.2 Å². The van der Waals surface area contributed by atoms with Crippen molar-refractivity contribution in [1.82, 2.24) is 14.9 Å². The number of nitrogens with one attached hydrogen (secondary N) is 1. The van der Waals surface area contributed by atoms with E-state index < -0.39 is 6.17 Å². The topological polar surface area (TPSA) is 96.6 Å². The smallest absolute Gasteiger partial charge is 0.320 e. The molecule has 2 aliphatic rings. The van der Waals surface area contributed by atoms with Gasteiger partial charge in [-0.05, 0) is 45.3 Å². The van der Waals surface area contributed by atoms with Crippen molar-refractivity contribution >= 4 is 23.6 Å². The quantitative estimate of drug-likeness (QED) is 0.485. The van der Waals surface area contributed by atoms with Crippen molar-refractivity contribution in [1.29, 1.82) is 0 Å². The van der Waals surface area contributed by atoms with E-state index in [4.69, 9.17) is 10.5 Å². The number of nitrogens with zero attached hydrogens (tertiary/aromatic N) is 4. The van der Waals surface area contributed by atoms with Gasteiger partial charge in [-0.2, -0.15) is 9.97 Å². The van der Waals surface area contributed by atoms with Crippen molar-refractivity contribution < 1.29 is 9.53 Å². The normalized spacial score (nSPS) is 19.2. The van der Waals surface area contributed by atoms with E-state index in [1.165, 1.54) is 19.5 Å². The van der Waals surface area contributed by atoms with Crippen LogP contribution in [0.3, 0.4) is 0 Å². The number of nitrogens with two attached hydrogens (primary N) is 1. The standard InChI is InChI=1S/C17H28N6O2/c1-2-3-11-25-17-20-15(18)14-16(21-17)23(13(12-24)19-14)10-5-4-7-22-8-6-9-22/h12-13,19H,2-11H2,1H3,(H2,18,20,21). The van der Waals surface area contributed by atoms with Crippen molar-refractivity contribution in [2.24, 2.45) is 0 Å². The average Bonchev–Trinajstić information content (AvgIpc) is 2.92. The highest BCUT2D eigenvalue weighted by atomic mass is 16.5. The average molecular weight is 348 g/mol. The summed E-state index contributed by atoms with van der Waals surface area (Å²) in [5.41, 5.74) is 6.66. The number of fused-ring (bicyclic) bond motifs is 1. The third-order valence-electron chi connectivity index (χ3n) is 4.73. The van der Waals surface area contributed by atoms with Gasteiger partial charge in [-0.1, -0.05) is 13.3 Å². The third kappa shape index (κ3) is 4.12. The molecule has 1 aromatic heterocycles. The van der Waals surface area contributed by atoms with Gasteiger partial charge in [0, 0.05) is 6.54 Å². The van der Waals surface area contributed by atoms with E-state index in [0.29, 0.717) is 23.9 Å². The minimum absolute atomic E-state index is 0.281. The molecular formula is C17H28N6O2. The van der Waals surface area contributed by atoms with Crippen molar-refractivity contribution in [3.05, 3.63) is 0 Å². The number of hydrogen-bond donors (Lipinski definition) is 2. The van der Waals surface area contributed by atoms with E-state index in [-0.39, 0.29) is 6.01 Å². The van der Waals surface area contributed by atoms with Gasteiger partial charge in [0.2, 0.25) is 0 Å². The maximum atomic E-state index is 11.5. The summed E-state index contributed by atoms with van der Waals surface area (Å²) < 4.78 is 5.60. The molecule has 1 atom stereocenters. The molecule has 0 bridgehead atoms. The first-order valence-electron chi connectivity index (χ1n) is 9.24. The second-order valence-corrected chi connectivity index (χ2v) is 6.61. The molecule has 3 rings (SSSR count). The molecular weight excluding hydrogens is 320 g/mol. The van der Waals surface area contributed by atoms with E-state index >= 15 is 0 Å². The van der Waals surface area contributed by atoms with Crippen LogP contribution < -0.4 is 20.7 Å². The first kappa shape index (κ1) is 17.7. The van der Waals surface area contributed by atoms with Crippen LogP contribution in [-0.2, 0) is 4.79 Å². The van der Waals surface area contributed by atoms with Gasteiger partial charge < -0.3 is 25.6 Å². The van der Waals surface area contributed by atoms with Crippen LogP contribution in [0.15, 0.2) is 0 Å². The van der Waals surface area contributed by atoms with Crippen LogP contribution in [0.2, 0.25) is 0 Å². The molecule has 8 nitrogen and oxygen atoms in total. The number of likely N-dealkylation sites (tertiary alicyclic amines) is 1.